The van der Waals surface area contributed by atoms with Crippen LogP contribution in [0.4, 0.5) is 0 Å². The number of nitrogens with one attached hydrogen (secondary N) is 1. The van der Waals surface area contributed by atoms with Gasteiger partial charge in [0.25, 0.3) is 0 Å². The lowest BCUT2D eigenvalue weighted by Crippen LogP contribution is -2.50. The first-order valence-corrected chi connectivity index (χ1v) is 10.3. The largest absolute Gasteiger partial charge is 0.379 e. The Morgan fingerprint density at radius 2 is 1.75 bits per heavy atom. The molecule has 2 saturated carbocycles. The lowest BCUT2D eigenvalue weighted by molar-refractivity contribution is -0.110. The van der Waals surface area contributed by atoms with E-state index in [4.69, 9.17) is 21.1 Å². The molecule has 3 fully saturated rings. The third-order valence-electron chi connectivity index (χ3n) is 6.50. The summed E-state index contributed by atoms with van der Waals surface area (Å²) in [6.45, 7) is 4.61. The molecule has 4 nitrogen and oxygen atoms in total. The van der Waals surface area contributed by atoms with Gasteiger partial charge < -0.3 is 19.7 Å². The highest BCUT2D eigenvalue weighted by molar-refractivity contribution is 6.21. The topological polar surface area (TPSA) is 33.7 Å². The molecule has 6 atom stereocenters. The van der Waals surface area contributed by atoms with Gasteiger partial charge in [-0.15, -0.1) is 11.6 Å². The number of ether oxygens (including phenoxy) is 2. The Morgan fingerprint density at radius 1 is 1.04 bits per heavy atom. The lowest BCUT2D eigenvalue weighted by atomic mass is 9.67. The van der Waals surface area contributed by atoms with Gasteiger partial charge in [0.2, 0.25) is 0 Å². The van der Waals surface area contributed by atoms with Crippen molar-refractivity contribution >= 4 is 11.6 Å². The van der Waals surface area contributed by atoms with Crippen LogP contribution in [0.2, 0.25) is 0 Å². The van der Waals surface area contributed by atoms with Crippen LogP contribution in [0.1, 0.15) is 44.9 Å². The molecule has 3 rings (SSSR count). The Hall–Kier alpha value is 0.130. The van der Waals surface area contributed by atoms with Crippen LogP contribution in [0, 0.1) is 11.8 Å². The minimum absolute atomic E-state index is 0.244. The molecule has 0 amide bonds. The van der Waals surface area contributed by atoms with Crippen LogP contribution in [0.5, 0.6) is 0 Å². The van der Waals surface area contributed by atoms with Gasteiger partial charge in [-0.1, -0.05) is 0 Å². The normalized spacial score (nSPS) is 40.6. The van der Waals surface area contributed by atoms with Crippen molar-refractivity contribution in [3.63, 3.8) is 0 Å². The fourth-order valence-electron chi connectivity index (χ4n) is 5.04. The number of alkyl halides is 1. The molecule has 0 radical (unpaired) electrons. The highest BCUT2D eigenvalue weighted by atomic mass is 35.5. The number of hydrogen-bond acceptors (Lipinski definition) is 4. The van der Waals surface area contributed by atoms with Crippen molar-refractivity contribution in [2.45, 2.75) is 68.6 Å². The van der Waals surface area contributed by atoms with Crippen molar-refractivity contribution in [3.8, 4) is 0 Å². The third-order valence-corrected chi connectivity index (χ3v) is 6.98. The molecule has 0 aromatic carbocycles. The number of fused-ring (bicyclic) bond motifs is 1. The van der Waals surface area contributed by atoms with Gasteiger partial charge in [-0.25, -0.2) is 0 Å². The SMILES string of the molecule is CNC1CC2CC(OCCCN3CCCC3)C(OC)CC2CC1Cl. The number of methoxy groups -OCH3 is 1. The number of likely N-dealkylation sites (tertiary alicyclic amines) is 1. The van der Waals surface area contributed by atoms with E-state index in [1.807, 2.05) is 14.2 Å². The maximum Gasteiger partial charge on any atom is 0.0839 e. The van der Waals surface area contributed by atoms with E-state index < -0.39 is 0 Å². The molecule has 6 unspecified atom stereocenters. The molecule has 1 aliphatic heterocycles. The molecular formula is C19H35ClN2O2. The van der Waals surface area contributed by atoms with Gasteiger partial charge >= 0.3 is 0 Å². The van der Waals surface area contributed by atoms with Crippen molar-refractivity contribution in [1.82, 2.24) is 10.2 Å². The number of rotatable bonds is 7. The van der Waals surface area contributed by atoms with E-state index in [1.165, 1.54) is 38.9 Å². The Bertz CT molecular complexity index is 378. The maximum absolute atomic E-state index is 6.56. The van der Waals surface area contributed by atoms with Crippen LogP contribution in [0.15, 0.2) is 0 Å². The Labute approximate surface area is 152 Å². The highest BCUT2D eigenvalue weighted by Crippen LogP contribution is 2.43. The molecule has 0 bridgehead atoms. The van der Waals surface area contributed by atoms with Crippen molar-refractivity contribution in [1.29, 1.82) is 0 Å². The summed E-state index contributed by atoms with van der Waals surface area (Å²) in [5.41, 5.74) is 0. The van der Waals surface area contributed by atoms with Gasteiger partial charge in [-0.2, -0.15) is 0 Å². The van der Waals surface area contributed by atoms with Crippen molar-refractivity contribution in [2.75, 3.05) is 40.4 Å². The van der Waals surface area contributed by atoms with Gasteiger partial charge in [0.1, 0.15) is 0 Å². The summed E-state index contributed by atoms with van der Waals surface area (Å²) in [5, 5.41) is 3.66. The maximum atomic E-state index is 6.56. The minimum atomic E-state index is 0.244. The quantitative estimate of drug-likeness (QED) is 0.560. The van der Waals surface area contributed by atoms with Crippen molar-refractivity contribution in [3.05, 3.63) is 0 Å². The van der Waals surface area contributed by atoms with Crippen LogP contribution in [0.25, 0.3) is 0 Å². The molecule has 2 aliphatic carbocycles. The second-order valence-corrected chi connectivity index (χ2v) is 8.52. The third kappa shape index (κ3) is 4.64. The summed E-state index contributed by atoms with van der Waals surface area (Å²) < 4.78 is 12.1. The van der Waals surface area contributed by atoms with Gasteiger partial charge in [0.15, 0.2) is 0 Å². The van der Waals surface area contributed by atoms with Crippen LogP contribution >= 0.6 is 11.6 Å². The summed E-state index contributed by atoms with van der Waals surface area (Å²) in [6, 6.07) is 0.447. The summed E-state index contributed by atoms with van der Waals surface area (Å²) in [4.78, 5) is 2.56. The van der Waals surface area contributed by atoms with E-state index in [1.54, 1.807) is 0 Å². The monoisotopic (exact) mass is 358 g/mol. The summed E-state index contributed by atoms with van der Waals surface area (Å²) >= 11 is 6.56. The summed E-state index contributed by atoms with van der Waals surface area (Å²) in [7, 11) is 3.87. The first kappa shape index (κ1) is 18.9. The standard InChI is InChI=1S/C19H35ClN2O2/c1-21-17-11-15-13-19(18(23-2)12-14(15)10-16(17)20)24-9-5-8-22-6-3-4-7-22/h14-19,21H,3-13H2,1-2H3. The lowest BCUT2D eigenvalue weighted by Gasteiger charge is -2.46. The van der Waals surface area contributed by atoms with Gasteiger partial charge in [0, 0.05) is 31.7 Å². The summed E-state index contributed by atoms with van der Waals surface area (Å²) in [6.07, 6.45) is 8.92. The van der Waals surface area contributed by atoms with Gasteiger partial charge in [0.05, 0.1) is 12.2 Å². The minimum Gasteiger partial charge on any atom is -0.379 e. The van der Waals surface area contributed by atoms with E-state index in [2.05, 4.69) is 10.2 Å². The van der Waals surface area contributed by atoms with Crippen LogP contribution in [0.3, 0.4) is 0 Å². The van der Waals surface area contributed by atoms with Crippen LogP contribution in [-0.4, -0.2) is 68.9 Å². The van der Waals surface area contributed by atoms with Gasteiger partial charge in [-0.3, -0.25) is 0 Å². The number of hydrogen-bond donors (Lipinski definition) is 1. The van der Waals surface area contributed by atoms with E-state index in [9.17, 15) is 0 Å². The van der Waals surface area contributed by atoms with Gasteiger partial charge in [-0.05, 0) is 76.9 Å². The average Bonchev–Trinajstić information content (AvgIpc) is 3.11. The fourth-order valence-corrected chi connectivity index (χ4v) is 5.50. The molecule has 5 heteroatoms. The second-order valence-electron chi connectivity index (χ2n) is 7.96. The molecule has 0 spiro atoms. The first-order chi connectivity index (χ1) is 11.7. The first-order valence-electron chi connectivity index (χ1n) is 9.89. The van der Waals surface area contributed by atoms with Crippen molar-refractivity contribution < 1.29 is 9.47 Å². The zero-order valence-corrected chi connectivity index (χ0v) is 16.1. The fraction of sp³-hybridized carbons (Fsp3) is 1.00. The van der Waals surface area contributed by atoms with Crippen LogP contribution in [-0.2, 0) is 9.47 Å². The zero-order valence-electron chi connectivity index (χ0n) is 15.4. The molecule has 1 N–H and O–H groups in total. The predicted octanol–water partition coefficient (Wildman–Crippen LogP) is 2.89. The molecule has 0 aromatic heterocycles. The molecule has 1 heterocycles. The molecule has 1 saturated heterocycles. The molecule has 3 aliphatic rings. The Morgan fingerprint density at radius 3 is 2.46 bits per heavy atom. The van der Waals surface area contributed by atoms with E-state index in [-0.39, 0.29) is 17.6 Å². The molecule has 140 valence electrons. The Kier molecular flexibility index (Phi) is 7.23. The van der Waals surface area contributed by atoms with E-state index in [0.717, 1.165) is 38.2 Å². The number of halogens is 1. The smallest absolute Gasteiger partial charge is 0.0839 e. The number of nitrogens with zero attached hydrogens (tertiary/aromatic N) is 1. The highest BCUT2D eigenvalue weighted by Gasteiger charge is 2.43. The van der Waals surface area contributed by atoms with E-state index in [0.29, 0.717) is 12.0 Å². The summed E-state index contributed by atoms with van der Waals surface area (Å²) in [5.74, 6) is 1.43. The molecule has 24 heavy (non-hydrogen) atoms. The average molecular weight is 359 g/mol. The molecular weight excluding hydrogens is 324 g/mol. The Balaban J connectivity index is 1.45. The van der Waals surface area contributed by atoms with Crippen molar-refractivity contribution in [2.24, 2.45) is 11.8 Å². The van der Waals surface area contributed by atoms with Crippen LogP contribution < -0.4 is 5.32 Å². The molecule has 0 aromatic rings. The predicted molar refractivity (Wildman–Crippen MR) is 98.8 cm³/mol. The van der Waals surface area contributed by atoms with E-state index >= 15 is 0 Å². The zero-order chi connectivity index (χ0) is 16.9. The second kappa shape index (κ2) is 9.18.